The van der Waals surface area contributed by atoms with E-state index in [1.165, 1.54) is 5.56 Å². The van der Waals surface area contributed by atoms with E-state index >= 15 is 0 Å². The molecule has 2 N–H and O–H groups in total. The van der Waals surface area contributed by atoms with Crippen LogP contribution < -0.4 is 10.0 Å². The topological polar surface area (TPSA) is 58.2 Å². The summed E-state index contributed by atoms with van der Waals surface area (Å²) in [6.07, 6.45) is 4.99. The highest BCUT2D eigenvalue weighted by Crippen LogP contribution is 2.32. The normalized spacial score (nSPS) is 17.4. The maximum Gasteiger partial charge on any atom is 0.241 e. The third-order valence-corrected chi connectivity index (χ3v) is 5.79. The third kappa shape index (κ3) is 4.53. The Morgan fingerprint density at radius 1 is 1.19 bits per heavy atom. The second kappa shape index (κ2) is 6.90. The van der Waals surface area contributed by atoms with E-state index in [9.17, 15) is 8.42 Å². The van der Waals surface area contributed by atoms with Crippen LogP contribution in [0, 0.1) is 0 Å². The average Bonchev–Trinajstić information content (AvgIpc) is 2.42. The molecule has 0 aromatic heterocycles. The molecule has 1 aliphatic rings. The molecule has 0 unspecified atom stereocenters. The molecule has 1 aromatic rings. The van der Waals surface area contributed by atoms with Crippen LogP contribution in [0.4, 0.5) is 0 Å². The highest BCUT2D eigenvalue weighted by atomic mass is 32.2. The van der Waals surface area contributed by atoms with Gasteiger partial charge in [-0.3, -0.25) is 0 Å². The molecule has 0 heterocycles. The summed E-state index contributed by atoms with van der Waals surface area (Å²) in [4.78, 5) is 0.367. The summed E-state index contributed by atoms with van der Waals surface area (Å²) in [5.74, 6) is 0. The van der Waals surface area contributed by atoms with Gasteiger partial charge in [0, 0.05) is 5.54 Å². The van der Waals surface area contributed by atoms with Crippen molar-refractivity contribution in [3.63, 3.8) is 0 Å². The summed E-state index contributed by atoms with van der Waals surface area (Å²) in [5, 5.41) is 3.29. The monoisotopic (exact) mass is 310 g/mol. The van der Waals surface area contributed by atoms with Gasteiger partial charge in [0.1, 0.15) is 0 Å². The minimum Gasteiger partial charge on any atom is -0.317 e. The lowest BCUT2D eigenvalue weighted by atomic mass is 9.80. The van der Waals surface area contributed by atoms with E-state index < -0.39 is 10.0 Å². The van der Waals surface area contributed by atoms with Crippen molar-refractivity contribution in [2.75, 3.05) is 13.1 Å². The van der Waals surface area contributed by atoms with E-state index in [0.717, 1.165) is 45.2 Å². The van der Waals surface area contributed by atoms with Gasteiger partial charge >= 0.3 is 0 Å². The van der Waals surface area contributed by atoms with E-state index in [2.05, 4.69) is 17.0 Å². The van der Waals surface area contributed by atoms with Crippen molar-refractivity contribution >= 4 is 10.0 Å². The molecular weight excluding hydrogens is 284 g/mol. The number of benzene rings is 1. The lowest BCUT2D eigenvalue weighted by Gasteiger charge is -2.38. The summed E-state index contributed by atoms with van der Waals surface area (Å²) >= 11 is 0. The zero-order valence-electron chi connectivity index (χ0n) is 13.0. The predicted octanol–water partition coefficient (Wildman–Crippen LogP) is 2.45. The molecule has 0 bridgehead atoms. The predicted molar refractivity (Wildman–Crippen MR) is 85.9 cm³/mol. The summed E-state index contributed by atoms with van der Waals surface area (Å²) < 4.78 is 27.5. The summed E-state index contributed by atoms with van der Waals surface area (Å²) in [5.41, 5.74) is 0.935. The van der Waals surface area contributed by atoms with Gasteiger partial charge in [0.25, 0.3) is 0 Å². The maximum atomic E-state index is 12.3. The van der Waals surface area contributed by atoms with Gasteiger partial charge in [-0.05, 0) is 69.8 Å². The van der Waals surface area contributed by atoms with Crippen molar-refractivity contribution in [3.8, 4) is 0 Å². The van der Waals surface area contributed by atoms with Crippen molar-refractivity contribution in [1.29, 1.82) is 0 Å². The van der Waals surface area contributed by atoms with Gasteiger partial charge in [-0.15, -0.1) is 0 Å². The lowest BCUT2D eigenvalue weighted by molar-refractivity contribution is 0.248. The molecular formula is C16H26N2O2S. The number of nitrogens with one attached hydrogen (secondary N) is 2. The van der Waals surface area contributed by atoms with Crippen molar-refractivity contribution in [3.05, 3.63) is 29.8 Å². The SMILES string of the molecule is CCNCCCc1ccc(S(=O)(=O)NC2(C)CCC2)cc1. The molecule has 1 aromatic carbocycles. The summed E-state index contributed by atoms with van der Waals surface area (Å²) in [6, 6.07) is 7.27. The first-order valence-electron chi connectivity index (χ1n) is 7.79. The molecule has 1 fully saturated rings. The molecule has 0 radical (unpaired) electrons. The Balaban J connectivity index is 1.94. The van der Waals surface area contributed by atoms with Gasteiger partial charge in [-0.1, -0.05) is 19.1 Å². The van der Waals surface area contributed by atoms with Crippen LogP contribution in [-0.4, -0.2) is 27.0 Å². The van der Waals surface area contributed by atoms with Crippen LogP contribution in [-0.2, 0) is 16.4 Å². The summed E-state index contributed by atoms with van der Waals surface area (Å²) in [6.45, 7) is 6.05. The standard InChI is InChI=1S/C16H26N2O2S/c1-3-17-13-4-6-14-7-9-15(10-8-14)21(19,20)18-16(2)11-5-12-16/h7-10,17-18H,3-6,11-13H2,1-2H3. The molecule has 0 aliphatic heterocycles. The van der Waals surface area contributed by atoms with Crippen LogP contribution in [0.2, 0.25) is 0 Å². The Hall–Kier alpha value is -0.910. The number of rotatable bonds is 8. The third-order valence-electron chi connectivity index (χ3n) is 4.14. The van der Waals surface area contributed by atoms with Crippen molar-refractivity contribution < 1.29 is 8.42 Å². The minimum absolute atomic E-state index is 0.247. The van der Waals surface area contributed by atoms with E-state index in [1.54, 1.807) is 12.1 Å². The smallest absolute Gasteiger partial charge is 0.241 e. The molecule has 0 saturated heterocycles. The second-order valence-corrected chi connectivity index (χ2v) is 7.80. The van der Waals surface area contributed by atoms with Gasteiger partial charge in [-0.25, -0.2) is 13.1 Å². The fourth-order valence-corrected chi connectivity index (χ4v) is 4.09. The van der Waals surface area contributed by atoms with Crippen molar-refractivity contribution in [2.45, 2.75) is 56.4 Å². The van der Waals surface area contributed by atoms with Crippen LogP contribution in [0.5, 0.6) is 0 Å². The first kappa shape index (κ1) is 16.5. The molecule has 4 nitrogen and oxygen atoms in total. The van der Waals surface area contributed by atoms with E-state index in [4.69, 9.17) is 0 Å². The summed E-state index contributed by atoms with van der Waals surface area (Å²) in [7, 11) is -3.39. The van der Waals surface area contributed by atoms with Crippen LogP contribution in [0.3, 0.4) is 0 Å². The van der Waals surface area contributed by atoms with E-state index in [0.29, 0.717) is 4.90 Å². The quantitative estimate of drug-likeness (QED) is 0.725. The molecule has 2 rings (SSSR count). The van der Waals surface area contributed by atoms with Crippen LogP contribution in [0.1, 0.15) is 45.1 Å². The van der Waals surface area contributed by atoms with E-state index in [1.807, 2.05) is 19.1 Å². The molecule has 118 valence electrons. The molecule has 21 heavy (non-hydrogen) atoms. The molecule has 1 saturated carbocycles. The number of sulfonamides is 1. The average molecular weight is 310 g/mol. The lowest BCUT2D eigenvalue weighted by Crippen LogP contribution is -2.50. The Morgan fingerprint density at radius 3 is 2.38 bits per heavy atom. The highest BCUT2D eigenvalue weighted by molar-refractivity contribution is 7.89. The Morgan fingerprint density at radius 2 is 1.86 bits per heavy atom. The molecule has 0 atom stereocenters. The zero-order chi connectivity index (χ0) is 15.3. The van der Waals surface area contributed by atoms with Crippen LogP contribution >= 0.6 is 0 Å². The van der Waals surface area contributed by atoms with Crippen LogP contribution in [0.25, 0.3) is 0 Å². The zero-order valence-corrected chi connectivity index (χ0v) is 13.8. The van der Waals surface area contributed by atoms with Gasteiger partial charge in [-0.2, -0.15) is 0 Å². The molecule has 0 spiro atoms. The van der Waals surface area contributed by atoms with Crippen molar-refractivity contribution in [2.24, 2.45) is 0 Å². The number of hydrogen-bond acceptors (Lipinski definition) is 3. The van der Waals surface area contributed by atoms with Gasteiger partial charge in [0.2, 0.25) is 10.0 Å². The van der Waals surface area contributed by atoms with Gasteiger partial charge in [0.15, 0.2) is 0 Å². The Bertz CT molecular complexity index is 548. The van der Waals surface area contributed by atoms with Gasteiger partial charge in [0.05, 0.1) is 4.90 Å². The first-order chi connectivity index (χ1) is 9.95. The molecule has 5 heteroatoms. The molecule has 1 aliphatic carbocycles. The minimum atomic E-state index is -3.39. The Labute approximate surface area is 128 Å². The maximum absolute atomic E-state index is 12.3. The number of hydrogen-bond donors (Lipinski definition) is 2. The fourth-order valence-electron chi connectivity index (χ4n) is 2.62. The fraction of sp³-hybridized carbons (Fsp3) is 0.625. The largest absolute Gasteiger partial charge is 0.317 e. The second-order valence-electron chi connectivity index (χ2n) is 6.12. The molecule has 0 amide bonds. The van der Waals surface area contributed by atoms with Gasteiger partial charge < -0.3 is 5.32 Å². The first-order valence-corrected chi connectivity index (χ1v) is 9.27. The number of aryl methyl sites for hydroxylation is 1. The van der Waals surface area contributed by atoms with E-state index in [-0.39, 0.29) is 5.54 Å². The van der Waals surface area contributed by atoms with Crippen LogP contribution in [0.15, 0.2) is 29.2 Å². The highest BCUT2D eigenvalue weighted by Gasteiger charge is 2.36. The Kier molecular flexibility index (Phi) is 5.41. The van der Waals surface area contributed by atoms with Crippen molar-refractivity contribution in [1.82, 2.24) is 10.0 Å².